The molecule has 0 unspecified atom stereocenters. The molecule has 2 aromatic heterocycles. The first kappa shape index (κ1) is 13.2. The molecule has 6 nitrogen and oxygen atoms in total. The minimum absolute atomic E-state index is 0.190. The van der Waals surface area contributed by atoms with Gasteiger partial charge in [0.25, 0.3) is 0 Å². The average Bonchev–Trinajstić information content (AvgIpc) is 2.96. The van der Waals surface area contributed by atoms with Crippen LogP contribution >= 0.6 is 0 Å². The molecule has 0 saturated heterocycles. The predicted molar refractivity (Wildman–Crippen MR) is 77.6 cm³/mol. The van der Waals surface area contributed by atoms with Crippen LogP contribution in [0.15, 0.2) is 30.7 Å². The zero-order valence-corrected chi connectivity index (χ0v) is 11.8. The number of hydrogen-bond donors (Lipinski definition) is 1. The van der Waals surface area contributed by atoms with E-state index >= 15 is 0 Å². The summed E-state index contributed by atoms with van der Waals surface area (Å²) in [5.74, 6) is 0.432. The van der Waals surface area contributed by atoms with Crippen LogP contribution in [0.5, 0.6) is 0 Å². The molecule has 6 heteroatoms. The molecule has 1 N–H and O–H groups in total. The summed E-state index contributed by atoms with van der Waals surface area (Å²) in [6.07, 6.45) is 5.46. The first-order valence-electron chi connectivity index (χ1n) is 6.49. The number of hydrogen-bond acceptors (Lipinski definition) is 5. The molecule has 0 saturated carbocycles. The maximum absolute atomic E-state index is 11.6. The molecule has 0 aliphatic heterocycles. The van der Waals surface area contributed by atoms with Gasteiger partial charge in [0.15, 0.2) is 0 Å². The fourth-order valence-corrected chi connectivity index (χ4v) is 2.21. The van der Waals surface area contributed by atoms with Crippen molar-refractivity contribution >= 4 is 16.9 Å². The standard InChI is InChI=1S/C15H14N4O2/c1-9-16-6-13(7-17-9)10-3-11(5-14(20)21-2)15-12(4-10)8-18-19-15/h3-4,6-8H,5H2,1-2H3,(H,18,19). The Labute approximate surface area is 121 Å². The Hall–Kier alpha value is -2.76. The maximum Gasteiger partial charge on any atom is 0.310 e. The number of carbonyl (C=O) groups excluding carboxylic acids is 1. The number of methoxy groups -OCH3 is 1. The van der Waals surface area contributed by atoms with E-state index in [0.29, 0.717) is 0 Å². The van der Waals surface area contributed by atoms with E-state index in [1.54, 1.807) is 18.6 Å². The second kappa shape index (κ2) is 5.32. The summed E-state index contributed by atoms with van der Waals surface area (Å²) in [6, 6.07) is 3.93. The third-order valence-electron chi connectivity index (χ3n) is 3.31. The molecule has 0 aliphatic rings. The van der Waals surface area contributed by atoms with Gasteiger partial charge in [-0.15, -0.1) is 0 Å². The number of benzene rings is 1. The van der Waals surface area contributed by atoms with Gasteiger partial charge >= 0.3 is 5.97 Å². The fraction of sp³-hybridized carbons (Fsp3) is 0.200. The summed E-state index contributed by atoms with van der Waals surface area (Å²) in [5, 5.41) is 7.89. The second-order valence-corrected chi connectivity index (χ2v) is 4.74. The number of aromatic nitrogens is 4. The van der Waals surface area contributed by atoms with Gasteiger partial charge in [-0.3, -0.25) is 9.89 Å². The Morgan fingerprint density at radius 2 is 1.95 bits per heavy atom. The molecule has 106 valence electrons. The van der Waals surface area contributed by atoms with Crippen LogP contribution in [0.4, 0.5) is 0 Å². The van der Waals surface area contributed by atoms with E-state index in [1.165, 1.54) is 7.11 Å². The van der Waals surface area contributed by atoms with Crippen molar-refractivity contribution in [2.45, 2.75) is 13.3 Å². The van der Waals surface area contributed by atoms with Crippen molar-refractivity contribution in [1.82, 2.24) is 20.2 Å². The van der Waals surface area contributed by atoms with Crippen LogP contribution in [0.1, 0.15) is 11.4 Å². The summed E-state index contributed by atoms with van der Waals surface area (Å²) in [4.78, 5) is 20.0. The lowest BCUT2D eigenvalue weighted by molar-refractivity contribution is -0.139. The van der Waals surface area contributed by atoms with Crippen molar-refractivity contribution in [3.05, 3.63) is 42.1 Å². The minimum atomic E-state index is -0.289. The zero-order chi connectivity index (χ0) is 14.8. The monoisotopic (exact) mass is 282 g/mol. The van der Waals surface area contributed by atoms with E-state index in [2.05, 4.69) is 20.2 Å². The normalized spacial score (nSPS) is 10.8. The topological polar surface area (TPSA) is 80.8 Å². The van der Waals surface area contributed by atoms with Gasteiger partial charge in [0.1, 0.15) is 5.82 Å². The number of rotatable bonds is 3. The van der Waals surface area contributed by atoms with E-state index in [1.807, 2.05) is 19.1 Å². The number of aryl methyl sites for hydroxylation is 1. The van der Waals surface area contributed by atoms with Gasteiger partial charge in [-0.1, -0.05) is 0 Å². The molecule has 2 heterocycles. The first-order valence-corrected chi connectivity index (χ1v) is 6.49. The average molecular weight is 282 g/mol. The highest BCUT2D eigenvalue weighted by Gasteiger charge is 2.12. The van der Waals surface area contributed by atoms with Crippen molar-refractivity contribution in [2.24, 2.45) is 0 Å². The van der Waals surface area contributed by atoms with E-state index in [0.717, 1.165) is 33.4 Å². The Balaban J connectivity index is 2.11. The number of H-pyrrole nitrogens is 1. The van der Waals surface area contributed by atoms with E-state index < -0.39 is 0 Å². The van der Waals surface area contributed by atoms with E-state index in [-0.39, 0.29) is 12.4 Å². The number of ether oxygens (including phenoxy) is 1. The maximum atomic E-state index is 11.6. The Kier molecular flexibility index (Phi) is 3.35. The molecule has 0 fully saturated rings. The second-order valence-electron chi connectivity index (χ2n) is 4.74. The van der Waals surface area contributed by atoms with E-state index in [4.69, 9.17) is 4.74 Å². The molecule has 21 heavy (non-hydrogen) atoms. The molecule has 0 spiro atoms. The molecular weight excluding hydrogens is 268 g/mol. The van der Waals surface area contributed by atoms with Crippen LogP contribution in [-0.2, 0) is 16.0 Å². The quantitative estimate of drug-likeness (QED) is 0.743. The number of nitrogens with zero attached hydrogens (tertiary/aromatic N) is 3. The van der Waals surface area contributed by atoms with Crippen LogP contribution in [0, 0.1) is 6.92 Å². The zero-order valence-electron chi connectivity index (χ0n) is 11.8. The number of aromatic amines is 1. The third kappa shape index (κ3) is 2.60. The van der Waals surface area contributed by atoms with Gasteiger partial charge in [0, 0.05) is 23.3 Å². The summed E-state index contributed by atoms with van der Waals surface area (Å²) < 4.78 is 4.74. The fourth-order valence-electron chi connectivity index (χ4n) is 2.21. The van der Waals surface area contributed by atoms with Crippen molar-refractivity contribution in [1.29, 1.82) is 0 Å². The molecule has 3 rings (SSSR count). The van der Waals surface area contributed by atoms with Crippen LogP contribution in [-0.4, -0.2) is 33.2 Å². The van der Waals surface area contributed by atoms with Crippen LogP contribution in [0.25, 0.3) is 22.0 Å². The van der Waals surface area contributed by atoms with E-state index in [9.17, 15) is 4.79 Å². The Bertz CT molecular complexity index is 793. The smallest absolute Gasteiger partial charge is 0.310 e. The summed E-state index contributed by atoms with van der Waals surface area (Å²) in [7, 11) is 1.38. The first-order chi connectivity index (χ1) is 10.2. The molecule has 0 atom stereocenters. The highest BCUT2D eigenvalue weighted by molar-refractivity contribution is 5.89. The molecule has 3 aromatic rings. The highest BCUT2D eigenvalue weighted by atomic mass is 16.5. The van der Waals surface area contributed by atoms with Gasteiger partial charge in [-0.05, 0) is 30.2 Å². The van der Waals surface area contributed by atoms with Crippen LogP contribution in [0.2, 0.25) is 0 Å². The Morgan fingerprint density at radius 1 is 1.19 bits per heavy atom. The van der Waals surface area contributed by atoms with Gasteiger partial charge in [0.2, 0.25) is 0 Å². The largest absolute Gasteiger partial charge is 0.469 e. The molecular formula is C15H14N4O2. The summed E-state index contributed by atoms with van der Waals surface area (Å²) in [6.45, 7) is 1.84. The van der Waals surface area contributed by atoms with Crippen molar-refractivity contribution in [2.75, 3.05) is 7.11 Å². The lowest BCUT2D eigenvalue weighted by Crippen LogP contribution is -2.05. The summed E-state index contributed by atoms with van der Waals surface area (Å²) in [5.41, 5.74) is 3.53. The SMILES string of the molecule is COC(=O)Cc1cc(-c2cnc(C)nc2)cc2cn[nH]c12. The van der Waals surface area contributed by atoms with Crippen LogP contribution < -0.4 is 0 Å². The van der Waals surface area contributed by atoms with Crippen molar-refractivity contribution in [3.8, 4) is 11.1 Å². The predicted octanol–water partition coefficient (Wildman–Crippen LogP) is 2.04. The van der Waals surface area contributed by atoms with Crippen molar-refractivity contribution < 1.29 is 9.53 Å². The molecule has 0 amide bonds. The highest BCUT2D eigenvalue weighted by Crippen LogP contribution is 2.26. The number of esters is 1. The third-order valence-corrected chi connectivity index (χ3v) is 3.31. The molecule has 0 bridgehead atoms. The minimum Gasteiger partial charge on any atom is -0.469 e. The van der Waals surface area contributed by atoms with Gasteiger partial charge in [-0.2, -0.15) is 5.10 Å². The molecule has 0 aliphatic carbocycles. The number of carbonyl (C=O) groups is 1. The van der Waals surface area contributed by atoms with Gasteiger partial charge in [0.05, 0.1) is 25.2 Å². The molecule has 1 aromatic carbocycles. The molecule has 0 radical (unpaired) electrons. The lowest BCUT2D eigenvalue weighted by Gasteiger charge is -2.07. The number of nitrogens with one attached hydrogen (secondary N) is 1. The van der Waals surface area contributed by atoms with Gasteiger partial charge < -0.3 is 4.74 Å². The van der Waals surface area contributed by atoms with Crippen LogP contribution in [0.3, 0.4) is 0 Å². The Morgan fingerprint density at radius 3 is 2.67 bits per heavy atom. The van der Waals surface area contributed by atoms with Gasteiger partial charge in [-0.25, -0.2) is 9.97 Å². The van der Waals surface area contributed by atoms with Crippen molar-refractivity contribution in [3.63, 3.8) is 0 Å². The summed E-state index contributed by atoms with van der Waals surface area (Å²) >= 11 is 0. The lowest BCUT2D eigenvalue weighted by atomic mass is 10.0. The number of fused-ring (bicyclic) bond motifs is 1.